The van der Waals surface area contributed by atoms with Gasteiger partial charge in [-0.1, -0.05) is 0 Å². The lowest BCUT2D eigenvalue weighted by Gasteiger charge is -2.09. The normalized spacial score (nSPS) is 11.5. The third-order valence-electron chi connectivity index (χ3n) is 4.41. The van der Waals surface area contributed by atoms with Gasteiger partial charge in [-0.2, -0.15) is 26.3 Å². The van der Waals surface area contributed by atoms with Gasteiger partial charge in [-0.15, -0.1) is 0 Å². The zero-order valence-corrected chi connectivity index (χ0v) is 19.2. The zero-order chi connectivity index (χ0) is 29.7. The molecule has 19 heteroatoms. The predicted molar refractivity (Wildman–Crippen MR) is 117 cm³/mol. The van der Waals surface area contributed by atoms with E-state index in [-0.39, 0.29) is 11.1 Å². The molecule has 0 aliphatic carbocycles. The molecule has 2 aromatic rings. The van der Waals surface area contributed by atoms with Gasteiger partial charge in [-0.3, -0.25) is 40.5 Å². The zero-order valence-electron chi connectivity index (χ0n) is 19.2. The second-order valence-electron chi connectivity index (χ2n) is 7.39. The van der Waals surface area contributed by atoms with Crippen LogP contribution in [0.2, 0.25) is 0 Å². The number of rotatable bonds is 6. The van der Waals surface area contributed by atoms with E-state index in [0.29, 0.717) is 24.3 Å². The van der Waals surface area contributed by atoms with Crippen molar-refractivity contribution in [3.8, 4) is 0 Å². The van der Waals surface area contributed by atoms with E-state index in [0.717, 1.165) is 13.0 Å². The van der Waals surface area contributed by atoms with Crippen LogP contribution in [0.3, 0.4) is 0 Å². The number of hydrogen-bond donors (Lipinski definition) is 0. The Morgan fingerprint density at radius 2 is 1.03 bits per heavy atom. The Bertz CT molecular complexity index is 1310. The number of halogens is 6. The van der Waals surface area contributed by atoms with E-state index in [1.165, 1.54) is 11.1 Å². The molecule has 13 nitrogen and oxygen atoms in total. The van der Waals surface area contributed by atoms with Gasteiger partial charge in [0.25, 0.3) is 22.7 Å². The first-order valence-corrected chi connectivity index (χ1v) is 9.57. The summed E-state index contributed by atoms with van der Waals surface area (Å²) in [5, 5.41) is 42.4. The van der Waals surface area contributed by atoms with Gasteiger partial charge < -0.3 is 4.90 Å². The first-order chi connectivity index (χ1) is 17.2. The fraction of sp³-hybridized carbons (Fsp3) is 0.263. The molecule has 0 radical (unpaired) electrons. The molecule has 0 aliphatic rings. The Morgan fingerprint density at radius 1 is 0.658 bits per heavy atom. The Balaban J connectivity index is 0.000000389. The van der Waals surface area contributed by atoms with E-state index < -0.39 is 65.9 Å². The van der Waals surface area contributed by atoms with Gasteiger partial charge in [-0.25, -0.2) is 0 Å². The minimum Gasteiger partial charge on any atom is -0.383 e. The van der Waals surface area contributed by atoms with Gasteiger partial charge in [-0.05, 0) is 31.3 Å². The minimum atomic E-state index is -4.99. The maximum absolute atomic E-state index is 12.8. The van der Waals surface area contributed by atoms with Crippen molar-refractivity contribution in [3.05, 3.63) is 93.2 Å². The summed E-state index contributed by atoms with van der Waals surface area (Å²) in [7, 11) is 3.14. The first-order valence-electron chi connectivity index (χ1n) is 9.57. The Hall–Kier alpha value is -4.84. The summed E-state index contributed by atoms with van der Waals surface area (Å²) < 4.78 is 75.8. The number of nitrogens with zero attached hydrogens (tertiary/aromatic N) is 5. The smallest absolute Gasteiger partial charge is 0.383 e. The number of alkyl halides is 6. The van der Waals surface area contributed by atoms with E-state index in [1.54, 1.807) is 14.1 Å². The SMILES string of the molecule is CN(C)/C=C/c1cc(C(F)(F)F)c([N+](=O)[O-])cc1[N+](=O)[O-].Cc1cc(C(F)(F)F)c([N+](=O)[O-])cc1[N+](=O)[O-]. The number of nitro groups is 4. The molecule has 0 bridgehead atoms. The van der Waals surface area contributed by atoms with E-state index in [9.17, 15) is 66.8 Å². The van der Waals surface area contributed by atoms with Crippen LogP contribution in [0.15, 0.2) is 30.5 Å². The Labute approximate surface area is 207 Å². The van der Waals surface area contributed by atoms with Gasteiger partial charge in [0.1, 0.15) is 11.1 Å². The van der Waals surface area contributed by atoms with E-state index in [1.807, 2.05) is 0 Å². The van der Waals surface area contributed by atoms with Crippen LogP contribution in [0.5, 0.6) is 0 Å². The molecule has 0 spiro atoms. The highest BCUT2D eigenvalue weighted by molar-refractivity contribution is 5.66. The maximum Gasteiger partial charge on any atom is 0.423 e. The third-order valence-corrected chi connectivity index (χ3v) is 4.41. The molecule has 0 saturated heterocycles. The van der Waals surface area contributed by atoms with Crippen molar-refractivity contribution in [2.75, 3.05) is 14.1 Å². The van der Waals surface area contributed by atoms with Crippen LogP contribution in [0.1, 0.15) is 22.3 Å². The van der Waals surface area contributed by atoms with Crippen LogP contribution in [-0.2, 0) is 12.4 Å². The highest BCUT2D eigenvalue weighted by Gasteiger charge is 2.41. The van der Waals surface area contributed by atoms with Gasteiger partial charge in [0, 0.05) is 19.7 Å². The molecule has 38 heavy (non-hydrogen) atoms. The summed E-state index contributed by atoms with van der Waals surface area (Å²) in [5.74, 6) is 0. The molecule has 0 atom stereocenters. The molecule has 0 heterocycles. The summed E-state index contributed by atoms with van der Waals surface area (Å²) in [4.78, 5) is 39.4. The molecule has 2 rings (SSSR count). The van der Waals surface area contributed by atoms with Crippen molar-refractivity contribution in [1.82, 2.24) is 4.90 Å². The fourth-order valence-electron chi connectivity index (χ4n) is 2.75. The van der Waals surface area contributed by atoms with E-state index in [2.05, 4.69) is 0 Å². The Morgan fingerprint density at radius 3 is 1.37 bits per heavy atom. The molecule has 2 aromatic carbocycles. The molecular formula is C19H15F6N5O8. The van der Waals surface area contributed by atoms with Gasteiger partial charge in [0.15, 0.2) is 0 Å². The van der Waals surface area contributed by atoms with E-state index >= 15 is 0 Å². The first kappa shape index (κ1) is 31.2. The second kappa shape index (κ2) is 11.5. The molecule has 0 unspecified atom stereocenters. The van der Waals surface area contributed by atoms with Crippen molar-refractivity contribution in [2.45, 2.75) is 19.3 Å². The van der Waals surface area contributed by atoms with Crippen molar-refractivity contribution in [1.29, 1.82) is 0 Å². The highest BCUT2D eigenvalue weighted by atomic mass is 19.4. The summed E-state index contributed by atoms with van der Waals surface area (Å²) >= 11 is 0. The largest absolute Gasteiger partial charge is 0.423 e. The second-order valence-corrected chi connectivity index (χ2v) is 7.39. The molecule has 0 amide bonds. The predicted octanol–water partition coefficient (Wildman–Crippen LogP) is 5.88. The van der Waals surface area contributed by atoms with Crippen LogP contribution >= 0.6 is 0 Å². The number of aryl methyl sites for hydroxylation is 1. The molecule has 0 aromatic heterocycles. The monoisotopic (exact) mass is 555 g/mol. The quantitative estimate of drug-likeness (QED) is 0.239. The molecule has 0 fully saturated rings. The Kier molecular flexibility index (Phi) is 9.42. The topological polar surface area (TPSA) is 176 Å². The van der Waals surface area contributed by atoms with Gasteiger partial charge in [0.05, 0.1) is 37.4 Å². The highest BCUT2D eigenvalue weighted by Crippen LogP contribution is 2.41. The average Bonchev–Trinajstić information content (AvgIpc) is 2.75. The molecule has 206 valence electrons. The van der Waals surface area contributed by atoms with Crippen LogP contribution in [0.25, 0.3) is 6.08 Å². The lowest BCUT2D eigenvalue weighted by atomic mass is 10.1. The summed E-state index contributed by atoms with van der Waals surface area (Å²) in [6.45, 7) is 1.08. The van der Waals surface area contributed by atoms with E-state index in [4.69, 9.17) is 0 Å². The van der Waals surface area contributed by atoms with Crippen molar-refractivity contribution in [2.24, 2.45) is 0 Å². The molecule has 0 N–H and O–H groups in total. The summed E-state index contributed by atoms with van der Waals surface area (Å²) in [6.07, 6.45) is -7.54. The third kappa shape index (κ3) is 7.83. The van der Waals surface area contributed by atoms with Crippen LogP contribution in [0, 0.1) is 47.4 Å². The lowest BCUT2D eigenvalue weighted by molar-refractivity contribution is -0.396. The summed E-state index contributed by atoms with van der Waals surface area (Å²) in [5.41, 5.74) is -7.84. The fourth-order valence-corrected chi connectivity index (χ4v) is 2.75. The van der Waals surface area contributed by atoms with Crippen LogP contribution in [0.4, 0.5) is 49.1 Å². The maximum atomic E-state index is 12.8. The van der Waals surface area contributed by atoms with Crippen molar-refractivity contribution >= 4 is 28.8 Å². The van der Waals surface area contributed by atoms with Crippen molar-refractivity contribution in [3.63, 3.8) is 0 Å². The number of hydrogen-bond acceptors (Lipinski definition) is 9. The molecule has 0 saturated carbocycles. The van der Waals surface area contributed by atoms with Gasteiger partial charge in [0.2, 0.25) is 0 Å². The minimum absolute atomic E-state index is 0.284. The summed E-state index contributed by atoms with van der Waals surface area (Å²) in [6, 6.07) is 1.43. The van der Waals surface area contributed by atoms with Gasteiger partial charge >= 0.3 is 12.4 Å². The van der Waals surface area contributed by atoms with Crippen LogP contribution < -0.4 is 0 Å². The molecular weight excluding hydrogens is 540 g/mol. The lowest BCUT2D eigenvalue weighted by Crippen LogP contribution is -2.10. The molecule has 0 aliphatic heterocycles. The average molecular weight is 555 g/mol. The van der Waals surface area contributed by atoms with Crippen molar-refractivity contribution < 1.29 is 46.0 Å². The number of benzene rings is 2. The standard InChI is InChI=1S/C11H10F3N3O4.C8H5F3N2O4/c1-15(2)4-3-7-5-8(11(12,13)14)10(17(20)21)6-9(7)16(18)19;1-4-2-5(8(9,10)11)7(13(16)17)3-6(4)12(14)15/h3-6H,1-2H3;2-3H,1H3/b4-3+;. The number of nitro benzene ring substituents is 4. The van der Waals surface area contributed by atoms with Crippen LogP contribution in [-0.4, -0.2) is 38.7 Å².